The van der Waals surface area contributed by atoms with Crippen LogP contribution in [0.15, 0.2) is 17.8 Å². The quantitative estimate of drug-likeness (QED) is 0.793. The number of rotatable bonds is 3. The summed E-state index contributed by atoms with van der Waals surface area (Å²) in [5.41, 5.74) is 0.887. The highest BCUT2D eigenvalue weighted by atomic mass is 32.1. The molecule has 2 heterocycles. The van der Waals surface area contributed by atoms with Gasteiger partial charge < -0.3 is 0 Å². The van der Waals surface area contributed by atoms with Gasteiger partial charge in [-0.3, -0.25) is 4.79 Å². The van der Waals surface area contributed by atoms with Crippen LogP contribution in [0.2, 0.25) is 0 Å². The van der Waals surface area contributed by atoms with E-state index >= 15 is 0 Å². The van der Waals surface area contributed by atoms with Gasteiger partial charge in [0.1, 0.15) is 16.9 Å². The lowest BCUT2D eigenvalue weighted by Crippen LogP contribution is -2.06. The second-order valence-electron chi connectivity index (χ2n) is 3.88. The Hall–Kier alpha value is -1.29. The Morgan fingerprint density at radius 3 is 3.13 bits per heavy atom. The van der Waals surface area contributed by atoms with Gasteiger partial charge in [-0.05, 0) is 24.3 Å². The normalized spacial score (nSPS) is 15.7. The number of aromatic nitrogens is 2. The van der Waals surface area contributed by atoms with Crippen LogP contribution in [0.1, 0.15) is 18.5 Å². The molecule has 0 aliphatic heterocycles. The van der Waals surface area contributed by atoms with Crippen LogP contribution in [-0.2, 0) is 11.2 Å². The predicted molar refractivity (Wildman–Crippen MR) is 58.9 cm³/mol. The molecule has 1 aliphatic rings. The van der Waals surface area contributed by atoms with Gasteiger partial charge in [-0.15, -0.1) is 11.3 Å². The highest BCUT2D eigenvalue weighted by Gasteiger charge is 2.29. The monoisotopic (exact) mass is 218 g/mol. The lowest BCUT2D eigenvalue weighted by Gasteiger charge is -1.99. The first-order valence-corrected chi connectivity index (χ1v) is 5.92. The van der Waals surface area contributed by atoms with Gasteiger partial charge in [-0.2, -0.15) is 0 Å². The van der Waals surface area contributed by atoms with Crippen molar-refractivity contribution in [2.75, 3.05) is 0 Å². The minimum atomic E-state index is 0.314. The smallest absolute Gasteiger partial charge is 0.141 e. The lowest BCUT2D eigenvalue weighted by molar-refractivity contribution is -0.119. The van der Waals surface area contributed by atoms with Crippen molar-refractivity contribution < 1.29 is 4.79 Å². The molecule has 3 rings (SSSR count). The Kier molecular flexibility index (Phi) is 2.02. The van der Waals surface area contributed by atoms with Gasteiger partial charge >= 0.3 is 0 Å². The van der Waals surface area contributed by atoms with Gasteiger partial charge in [-0.25, -0.2) is 9.97 Å². The molecule has 0 atom stereocenters. The highest BCUT2D eigenvalue weighted by Crippen LogP contribution is 2.31. The Balaban J connectivity index is 1.95. The molecular weight excluding hydrogens is 208 g/mol. The van der Waals surface area contributed by atoms with Crippen molar-refractivity contribution in [1.29, 1.82) is 0 Å². The molecular formula is C11H10N2OS. The topological polar surface area (TPSA) is 42.9 Å². The Bertz CT molecular complexity index is 516. The lowest BCUT2D eigenvalue weighted by atomic mass is 10.1. The van der Waals surface area contributed by atoms with Gasteiger partial charge in [0.2, 0.25) is 0 Å². The summed E-state index contributed by atoms with van der Waals surface area (Å²) in [4.78, 5) is 21.0. The van der Waals surface area contributed by atoms with Crippen molar-refractivity contribution in [2.45, 2.75) is 19.3 Å². The van der Waals surface area contributed by atoms with E-state index in [0.29, 0.717) is 18.1 Å². The SMILES string of the molecule is O=C(Cc1ncnc2sccc12)C1CC1. The molecule has 1 aliphatic carbocycles. The fourth-order valence-electron chi connectivity index (χ4n) is 1.70. The van der Waals surface area contributed by atoms with Gasteiger partial charge in [0.05, 0.1) is 5.69 Å². The second-order valence-corrected chi connectivity index (χ2v) is 4.77. The summed E-state index contributed by atoms with van der Waals surface area (Å²) < 4.78 is 0. The summed E-state index contributed by atoms with van der Waals surface area (Å²) in [6, 6.07) is 2.00. The van der Waals surface area contributed by atoms with Gasteiger partial charge in [-0.1, -0.05) is 0 Å². The third kappa shape index (κ3) is 1.65. The minimum Gasteiger partial charge on any atom is -0.299 e. The zero-order chi connectivity index (χ0) is 10.3. The highest BCUT2D eigenvalue weighted by molar-refractivity contribution is 7.16. The van der Waals surface area contributed by atoms with Crippen LogP contribution >= 0.6 is 11.3 Å². The van der Waals surface area contributed by atoms with Crippen molar-refractivity contribution in [1.82, 2.24) is 9.97 Å². The molecule has 1 fully saturated rings. The molecule has 0 radical (unpaired) electrons. The molecule has 3 nitrogen and oxygen atoms in total. The molecule has 0 spiro atoms. The van der Waals surface area contributed by atoms with Crippen LogP contribution in [0.4, 0.5) is 0 Å². The zero-order valence-electron chi connectivity index (χ0n) is 8.14. The van der Waals surface area contributed by atoms with Crippen LogP contribution in [0, 0.1) is 5.92 Å². The second kappa shape index (κ2) is 3.38. The van der Waals surface area contributed by atoms with E-state index in [2.05, 4.69) is 9.97 Å². The average Bonchev–Trinajstić information content (AvgIpc) is 2.97. The van der Waals surface area contributed by atoms with Crippen molar-refractivity contribution in [3.8, 4) is 0 Å². The first kappa shape index (κ1) is 8.97. The summed E-state index contributed by atoms with van der Waals surface area (Å²) in [6.07, 6.45) is 4.15. The van der Waals surface area contributed by atoms with E-state index in [-0.39, 0.29) is 0 Å². The third-order valence-corrected chi connectivity index (χ3v) is 3.54. The number of fused-ring (bicyclic) bond motifs is 1. The summed E-state index contributed by atoms with van der Waals surface area (Å²) in [6.45, 7) is 0. The van der Waals surface area contributed by atoms with Crippen molar-refractivity contribution in [3.63, 3.8) is 0 Å². The number of carbonyl (C=O) groups is 1. The van der Waals surface area contributed by atoms with Crippen molar-refractivity contribution in [3.05, 3.63) is 23.5 Å². The Labute approximate surface area is 91.2 Å². The van der Waals surface area contributed by atoms with Crippen LogP contribution in [0.5, 0.6) is 0 Å². The summed E-state index contributed by atoms with van der Waals surface area (Å²) in [7, 11) is 0. The fraction of sp³-hybridized carbons (Fsp3) is 0.364. The largest absolute Gasteiger partial charge is 0.299 e. The fourth-order valence-corrected chi connectivity index (χ4v) is 2.45. The standard InChI is InChI=1S/C11H10N2OS/c14-10(7-1-2-7)5-9-8-3-4-15-11(8)13-6-12-9/h3-4,6-7H,1-2,5H2. The molecule has 0 amide bonds. The van der Waals surface area contributed by atoms with Crippen LogP contribution in [0.25, 0.3) is 10.2 Å². The number of thiophene rings is 1. The Morgan fingerprint density at radius 2 is 2.33 bits per heavy atom. The van der Waals surface area contributed by atoms with E-state index in [1.54, 1.807) is 17.7 Å². The number of Topliss-reactive ketones (excluding diaryl/α,β-unsaturated/α-hetero) is 1. The maximum absolute atomic E-state index is 11.7. The predicted octanol–water partition coefficient (Wildman–Crippen LogP) is 2.21. The summed E-state index contributed by atoms with van der Waals surface area (Å²) in [5, 5.41) is 3.03. The van der Waals surface area contributed by atoms with E-state index in [4.69, 9.17) is 0 Å². The number of hydrogen-bond acceptors (Lipinski definition) is 4. The number of ketones is 1. The molecule has 0 aromatic carbocycles. The molecule has 0 saturated heterocycles. The van der Waals surface area contributed by atoms with Crippen molar-refractivity contribution >= 4 is 27.3 Å². The molecule has 0 N–H and O–H groups in total. The minimum absolute atomic E-state index is 0.314. The van der Waals surface area contributed by atoms with E-state index in [1.807, 2.05) is 11.4 Å². The first-order valence-electron chi connectivity index (χ1n) is 5.04. The zero-order valence-corrected chi connectivity index (χ0v) is 8.96. The molecule has 0 bridgehead atoms. The molecule has 15 heavy (non-hydrogen) atoms. The maximum Gasteiger partial charge on any atom is 0.141 e. The van der Waals surface area contributed by atoms with E-state index in [9.17, 15) is 4.79 Å². The van der Waals surface area contributed by atoms with Crippen LogP contribution in [0.3, 0.4) is 0 Å². The van der Waals surface area contributed by atoms with E-state index < -0.39 is 0 Å². The van der Waals surface area contributed by atoms with E-state index in [1.165, 1.54) is 0 Å². The van der Waals surface area contributed by atoms with Gasteiger partial charge in [0.25, 0.3) is 0 Å². The third-order valence-electron chi connectivity index (χ3n) is 2.72. The van der Waals surface area contributed by atoms with Crippen molar-refractivity contribution in [2.24, 2.45) is 5.92 Å². The molecule has 2 aromatic heterocycles. The number of carbonyl (C=O) groups excluding carboxylic acids is 1. The van der Waals surface area contributed by atoms with Gasteiger partial charge in [0, 0.05) is 17.7 Å². The molecule has 4 heteroatoms. The number of nitrogens with zero attached hydrogens (tertiary/aromatic N) is 2. The molecule has 1 saturated carbocycles. The first-order chi connectivity index (χ1) is 7.34. The van der Waals surface area contributed by atoms with E-state index in [0.717, 1.165) is 28.8 Å². The maximum atomic E-state index is 11.7. The summed E-state index contributed by atoms with van der Waals surface area (Å²) in [5.74, 6) is 0.648. The summed E-state index contributed by atoms with van der Waals surface area (Å²) >= 11 is 1.59. The van der Waals surface area contributed by atoms with Crippen LogP contribution in [-0.4, -0.2) is 15.8 Å². The molecule has 76 valence electrons. The van der Waals surface area contributed by atoms with Gasteiger partial charge in [0.15, 0.2) is 0 Å². The average molecular weight is 218 g/mol. The molecule has 2 aromatic rings. The Morgan fingerprint density at radius 1 is 1.47 bits per heavy atom. The van der Waals surface area contributed by atoms with Crippen LogP contribution < -0.4 is 0 Å². The molecule has 0 unspecified atom stereocenters. The number of hydrogen-bond donors (Lipinski definition) is 0.